The van der Waals surface area contributed by atoms with Crippen molar-refractivity contribution < 1.29 is 18.3 Å². The number of hydrogen-bond acceptors (Lipinski definition) is 6. The molecular formula is C21H16F3N5O2. The summed E-state index contributed by atoms with van der Waals surface area (Å²) in [6.07, 6.45) is -3.52. The van der Waals surface area contributed by atoms with E-state index in [4.69, 9.17) is 5.73 Å². The Morgan fingerprint density at radius 3 is 2.45 bits per heavy atom. The zero-order valence-corrected chi connectivity index (χ0v) is 15.9. The Kier molecular flexibility index (Phi) is 5.15. The van der Waals surface area contributed by atoms with Crippen LogP contribution in [0.1, 0.15) is 17.4 Å². The molecule has 3 aromatic heterocycles. The third kappa shape index (κ3) is 3.84. The maximum Gasteiger partial charge on any atom is 0.434 e. The lowest BCUT2D eigenvalue weighted by atomic mass is 10.1. The van der Waals surface area contributed by atoms with Crippen molar-refractivity contribution in [2.75, 3.05) is 0 Å². The standard InChI is InChI=1S/C21H16F3N5O2/c22-21(23,24)18-16-13(8-10-27-18)28-19(17-14(30)7-4-9-26-17)29(20(16)31)15(25)11-12-5-2-1-3-6-12/h1-10,15,30H,11,25H2/t15-/m0/s1. The number of alkyl halides is 3. The molecule has 0 aliphatic carbocycles. The average Bonchev–Trinajstić information content (AvgIpc) is 2.73. The molecule has 31 heavy (non-hydrogen) atoms. The lowest BCUT2D eigenvalue weighted by molar-refractivity contribution is -0.139. The third-order valence-electron chi connectivity index (χ3n) is 4.70. The highest BCUT2D eigenvalue weighted by Gasteiger charge is 2.37. The Morgan fingerprint density at radius 2 is 1.77 bits per heavy atom. The van der Waals surface area contributed by atoms with E-state index in [1.54, 1.807) is 30.3 Å². The molecule has 7 nitrogen and oxygen atoms in total. The second kappa shape index (κ2) is 7.80. The smallest absolute Gasteiger partial charge is 0.434 e. The number of benzene rings is 1. The quantitative estimate of drug-likeness (QED) is 0.518. The number of fused-ring (bicyclic) bond motifs is 1. The molecule has 0 amide bonds. The first-order valence-electron chi connectivity index (χ1n) is 9.19. The Bertz CT molecular complexity index is 1310. The lowest BCUT2D eigenvalue weighted by Crippen LogP contribution is -2.35. The first kappa shape index (κ1) is 20.5. The van der Waals surface area contributed by atoms with Crippen LogP contribution in [0.3, 0.4) is 0 Å². The molecule has 0 spiro atoms. The van der Waals surface area contributed by atoms with Gasteiger partial charge in [0.25, 0.3) is 5.56 Å². The highest BCUT2D eigenvalue weighted by molar-refractivity contribution is 5.82. The fourth-order valence-corrected chi connectivity index (χ4v) is 3.35. The van der Waals surface area contributed by atoms with Gasteiger partial charge in [-0.3, -0.25) is 14.3 Å². The molecule has 3 N–H and O–H groups in total. The van der Waals surface area contributed by atoms with Gasteiger partial charge in [-0.1, -0.05) is 30.3 Å². The Labute approximate surface area is 173 Å². The van der Waals surface area contributed by atoms with Gasteiger partial charge in [-0.25, -0.2) is 9.97 Å². The van der Waals surface area contributed by atoms with E-state index in [0.29, 0.717) is 0 Å². The molecule has 3 heterocycles. The van der Waals surface area contributed by atoms with E-state index >= 15 is 0 Å². The largest absolute Gasteiger partial charge is 0.506 e. The van der Waals surface area contributed by atoms with Crippen LogP contribution >= 0.6 is 0 Å². The summed E-state index contributed by atoms with van der Waals surface area (Å²) in [6.45, 7) is 0. The van der Waals surface area contributed by atoms with E-state index in [9.17, 15) is 23.1 Å². The highest BCUT2D eigenvalue weighted by atomic mass is 19.4. The molecular weight excluding hydrogens is 411 g/mol. The van der Waals surface area contributed by atoms with Crippen LogP contribution in [0, 0.1) is 0 Å². The molecule has 0 unspecified atom stereocenters. The average molecular weight is 427 g/mol. The summed E-state index contributed by atoms with van der Waals surface area (Å²) in [5.74, 6) is -0.433. The predicted molar refractivity (Wildman–Crippen MR) is 107 cm³/mol. The molecule has 0 radical (unpaired) electrons. The van der Waals surface area contributed by atoms with Gasteiger partial charge >= 0.3 is 6.18 Å². The van der Waals surface area contributed by atoms with Crippen molar-refractivity contribution in [3.05, 3.63) is 82.5 Å². The summed E-state index contributed by atoms with van der Waals surface area (Å²) in [4.78, 5) is 25.0. The van der Waals surface area contributed by atoms with Gasteiger partial charge in [-0.15, -0.1) is 0 Å². The summed E-state index contributed by atoms with van der Waals surface area (Å²) < 4.78 is 41.6. The molecule has 4 aromatic rings. The fraction of sp³-hybridized carbons (Fsp3) is 0.143. The highest BCUT2D eigenvalue weighted by Crippen LogP contribution is 2.33. The molecule has 4 rings (SSSR count). The predicted octanol–water partition coefficient (Wildman–Crippen LogP) is 3.28. The van der Waals surface area contributed by atoms with Crippen molar-refractivity contribution in [2.24, 2.45) is 5.73 Å². The maximum atomic E-state index is 13.5. The van der Waals surface area contributed by atoms with Gasteiger partial charge in [0.2, 0.25) is 0 Å². The minimum absolute atomic E-state index is 0.0737. The summed E-state index contributed by atoms with van der Waals surface area (Å²) in [6, 6.07) is 12.9. The van der Waals surface area contributed by atoms with Crippen LogP contribution in [-0.2, 0) is 12.6 Å². The zero-order chi connectivity index (χ0) is 22.2. The number of hydrogen-bond donors (Lipinski definition) is 2. The van der Waals surface area contributed by atoms with Gasteiger partial charge in [0.05, 0.1) is 17.1 Å². The first-order chi connectivity index (χ1) is 14.8. The Balaban J connectivity index is 2.03. The van der Waals surface area contributed by atoms with Crippen LogP contribution in [0.5, 0.6) is 5.75 Å². The number of nitrogens with zero attached hydrogens (tertiary/aromatic N) is 4. The Morgan fingerprint density at radius 1 is 1.03 bits per heavy atom. The number of pyridine rings is 2. The van der Waals surface area contributed by atoms with Crippen LogP contribution in [0.2, 0.25) is 0 Å². The van der Waals surface area contributed by atoms with Crippen LogP contribution in [0.4, 0.5) is 13.2 Å². The van der Waals surface area contributed by atoms with E-state index in [1.165, 1.54) is 24.4 Å². The van der Waals surface area contributed by atoms with Gasteiger partial charge in [-0.05, 0) is 23.8 Å². The minimum atomic E-state index is -4.86. The molecule has 0 saturated heterocycles. The molecule has 1 aromatic carbocycles. The van der Waals surface area contributed by atoms with Gasteiger partial charge in [0.15, 0.2) is 11.5 Å². The van der Waals surface area contributed by atoms with E-state index in [0.717, 1.165) is 16.3 Å². The summed E-state index contributed by atoms with van der Waals surface area (Å²) in [5.41, 5.74) is 4.38. The van der Waals surface area contributed by atoms with Crippen molar-refractivity contribution >= 4 is 10.9 Å². The fourth-order valence-electron chi connectivity index (χ4n) is 3.35. The number of rotatable bonds is 4. The van der Waals surface area contributed by atoms with Crippen LogP contribution in [0.15, 0.2) is 65.7 Å². The number of aromatic hydroxyl groups is 1. The van der Waals surface area contributed by atoms with Gasteiger partial charge in [-0.2, -0.15) is 13.2 Å². The van der Waals surface area contributed by atoms with E-state index in [1.807, 2.05) is 0 Å². The van der Waals surface area contributed by atoms with Crippen molar-refractivity contribution in [3.8, 4) is 17.3 Å². The molecule has 10 heteroatoms. The molecule has 0 aliphatic rings. The summed E-state index contributed by atoms with van der Waals surface area (Å²) >= 11 is 0. The van der Waals surface area contributed by atoms with E-state index in [-0.39, 0.29) is 29.2 Å². The molecule has 0 bridgehead atoms. The van der Waals surface area contributed by atoms with Crippen molar-refractivity contribution in [2.45, 2.75) is 18.8 Å². The van der Waals surface area contributed by atoms with Gasteiger partial charge < -0.3 is 10.8 Å². The molecule has 0 fully saturated rings. The minimum Gasteiger partial charge on any atom is -0.506 e. The SMILES string of the molecule is N[C@H](Cc1ccccc1)n1c(-c2ncccc2O)nc2ccnc(C(F)(F)F)c2c1=O. The topological polar surface area (TPSA) is 107 Å². The van der Waals surface area contributed by atoms with Gasteiger partial charge in [0.1, 0.15) is 11.4 Å². The Hall–Kier alpha value is -3.79. The molecule has 158 valence electrons. The molecule has 0 aliphatic heterocycles. The first-order valence-corrected chi connectivity index (χ1v) is 9.19. The normalized spacial score (nSPS) is 12.8. The monoisotopic (exact) mass is 427 g/mol. The van der Waals surface area contributed by atoms with Crippen LogP contribution in [0.25, 0.3) is 22.4 Å². The molecule has 0 saturated carbocycles. The van der Waals surface area contributed by atoms with Crippen LogP contribution < -0.4 is 11.3 Å². The number of nitrogens with two attached hydrogens (primary N) is 1. The third-order valence-corrected chi connectivity index (χ3v) is 4.70. The van der Waals surface area contributed by atoms with Gasteiger partial charge in [0, 0.05) is 18.8 Å². The van der Waals surface area contributed by atoms with E-state index in [2.05, 4.69) is 15.0 Å². The number of aromatic nitrogens is 4. The van der Waals surface area contributed by atoms with Crippen LogP contribution in [-0.4, -0.2) is 24.6 Å². The summed E-state index contributed by atoms with van der Waals surface area (Å²) in [5, 5.41) is 9.56. The zero-order valence-electron chi connectivity index (χ0n) is 15.9. The number of halogens is 3. The summed E-state index contributed by atoms with van der Waals surface area (Å²) in [7, 11) is 0. The lowest BCUT2D eigenvalue weighted by Gasteiger charge is -2.21. The second-order valence-electron chi connectivity index (χ2n) is 6.79. The maximum absolute atomic E-state index is 13.5. The van der Waals surface area contributed by atoms with Crippen molar-refractivity contribution in [3.63, 3.8) is 0 Å². The second-order valence-corrected chi connectivity index (χ2v) is 6.79. The van der Waals surface area contributed by atoms with E-state index < -0.39 is 29.0 Å². The van der Waals surface area contributed by atoms with Crippen molar-refractivity contribution in [1.29, 1.82) is 0 Å². The molecule has 1 atom stereocenters. The van der Waals surface area contributed by atoms with Crippen molar-refractivity contribution in [1.82, 2.24) is 19.5 Å².